The number of hydrogen-bond acceptors (Lipinski definition) is 3. The number of nitrogens with zero attached hydrogens (tertiary/aromatic N) is 1. The van der Waals surface area contributed by atoms with Crippen LogP contribution in [0.25, 0.3) is 0 Å². The van der Waals surface area contributed by atoms with Crippen molar-refractivity contribution in [2.75, 3.05) is 26.3 Å². The second-order valence-electron chi connectivity index (χ2n) is 5.22. The summed E-state index contributed by atoms with van der Waals surface area (Å²) in [6.45, 7) is 6.47. The minimum atomic E-state index is 0.0368. The van der Waals surface area contributed by atoms with Crippen molar-refractivity contribution in [2.45, 2.75) is 26.7 Å². The van der Waals surface area contributed by atoms with Crippen molar-refractivity contribution in [1.29, 1.82) is 0 Å². The van der Waals surface area contributed by atoms with Crippen LogP contribution < -0.4 is 0 Å². The van der Waals surface area contributed by atoms with Crippen LogP contribution in [0.1, 0.15) is 34.3 Å². The first-order chi connectivity index (χ1) is 9.58. The molecule has 0 aromatic heterocycles. The van der Waals surface area contributed by atoms with Gasteiger partial charge in [0.05, 0.1) is 13.2 Å². The van der Waals surface area contributed by atoms with E-state index in [1.165, 1.54) is 5.56 Å². The van der Waals surface area contributed by atoms with Gasteiger partial charge in [0.1, 0.15) is 0 Å². The van der Waals surface area contributed by atoms with E-state index in [1.807, 2.05) is 32.0 Å². The number of morpholine rings is 1. The van der Waals surface area contributed by atoms with Gasteiger partial charge >= 0.3 is 0 Å². The predicted molar refractivity (Wildman–Crippen MR) is 76.9 cm³/mol. The highest BCUT2D eigenvalue weighted by atomic mass is 16.5. The molecule has 0 spiro atoms. The molecule has 1 aliphatic rings. The number of aryl methyl sites for hydroxylation is 2. The van der Waals surface area contributed by atoms with Crippen molar-refractivity contribution in [2.24, 2.45) is 0 Å². The van der Waals surface area contributed by atoms with Gasteiger partial charge in [0.15, 0.2) is 5.78 Å². The smallest absolute Gasteiger partial charge is 0.223 e. The van der Waals surface area contributed by atoms with Gasteiger partial charge in [0.2, 0.25) is 5.91 Å². The molecule has 0 N–H and O–H groups in total. The molecule has 1 fully saturated rings. The summed E-state index contributed by atoms with van der Waals surface area (Å²) in [6, 6.07) is 5.69. The lowest BCUT2D eigenvalue weighted by Crippen LogP contribution is -2.40. The van der Waals surface area contributed by atoms with Crippen molar-refractivity contribution in [1.82, 2.24) is 4.90 Å². The molecule has 4 heteroatoms. The molecule has 1 aromatic rings. The van der Waals surface area contributed by atoms with E-state index >= 15 is 0 Å². The maximum atomic E-state index is 12.1. The molecule has 1 saturated heterocycles. The molecule has 20 heavy (non-hydrogen) atoms. The van der Waals surface area contributed by atoms with Gasteiger partial charge in [0, 0.05) is 31.5 Å². The molecule has 1 aromatic carbocycles. The Morgan fingerprint density at radius 1 is 1.10 bits per heavy atom. The van der Waals surface area contributed by atoms with Gasteiger partial charge in [0.25, 0.3) is 0 Å². The quantitative estimate of drug-likeness (QED) is 0.791. The Kier molecular flexibility index (Phi) is 4.90. The number of amides is 1. The lowest BCUT2D eigenvalue weighted by molar-refractivity contribution is -0.135. The average molecular weight is 275 g/mol. The third-order valence-electron chi connectivity index (χ3n) is 3.76. The number of rotatable bonds is 4. The maximum absolute atomic E-state index is 12.1. The number of carbonyl (C=O) groups excluding carboxylic acids is 2. The monoisotopic (exact) mass is 275 g/mol. The average Bonchev–Trinajstić information content (AvgIpc) is 2.48. The molecule has 0 unspecified atom stereocenters. The maximum Gasteiger partial charge on any atom is 0.223 e. The second kappa shape index (κ2) is 6.66. The minimum absolute atomic E-state index is 0.0368. The molecule has 0 aliphatic carbocycles. The SMILES string of the molecule is Cc1ccc(C(=O)CCC(=O)N2CCOCC2)cc1C. The van der Waals surface area contributed by atoms with Gasteiger partial charge in [-0.1, -0.05) is 12.1 Å². The first-order valence-electron chi connectivity index (χ1n) is 7.04. The van der Waals surface area contributed by atoms with Crippen LogP contribution in [0.3, 0.4) is 0 Å². The number of ketones is 1. The molecule has 2 rings (SSSR count). The zero-order valence-electron chi connectivity index (χ0n) is 12.1. The fourth-order valence-corrected chi connectivity index (χ4v) is 2.25. The van der Waals surface area contributed by atoms with E-state index in [9.17, 15) is 9.59 Å². The molecule has 1 heterocycles. The molecule has 0 bridgehead atoms. The van der Waals surface area contributed by atoms with Crippen LogP contribution in [0.5, 0.6) is 0 Å². The lowest BCUT2D eigenvalue weighted by Gasteiger charge is -2.26. The normalized spacial score (nSPS) is 15.2. The van der Waals surface area contributed by atoms with Crippen LogP contribution in [-0.4, -0.2) is 42.9 Å². The van der Waals surface area contributed by atoms with E-state index in [0.29, 0.717) is 31.9 Å². The molecule has 0 atom stereocenters. The fraction of sp³-hybridized carbons (Fsp3) is 0.500. The summed E-state index contributed by atoms with van der Waals surface area (Å²) in [5.74, 6) is 0.0835. The first-order valence-corrected chi connectivity index (χ1v) is 7.04. The molecule has 1 aliphatic heterocycles. The largest absolute Gasteiger partial charge is 0.378 e. The summed E-state index contributed by atoms with van der Waals surface area (Å²) >= 11 is 0. The molecular formula is C16H21NO3. The van der Waals surface area contributed by atoms with E-state index in [1.54, 1.807) is 4.90 Å². The van der Waals surface area contributed by atoms with Crippen molar-refractivity contribution in [3.63, 3.8) is 0 Å². The predicted octanol–water partition coefficient (Wildman–Crippen LogP) is 2.13. The van der Waals surface area contributed by atoms with Crippen molar-refractivity contribution in [3.8, 4) is 0 Å². The fourth-order valence-electron chi connectivity index (χ4n) is 2.25. The van der Waals surface area contributed by atoms with Crippen LogP contribution in [0, 0.1) is 13.8 Å². The van der Waals surface area contributed by atoms with E-state index in [4.69, 9.17) is 4.74 Å². The highest BCUT2D eigenvalue weighted by Crippen LogP contribution is 2.13. The van der Waals surface area contributed by atoms with Crippen LogP contribution >= 0.6 is 0 Å². The van der Waals surface area contributed by atoms with Gasteiger partial charge in [-0.05, 0) is 31.0 Å². The highest BCUT2D eigenvalue weighted by Gasteiger charge is 2.18. The molecule has 108 valence electrons. The zero-order valence-corrected chi connectivity index (χ0v) is 12.1. The number of benzene rings is 1. The van der Waals surface area contributed by atoms with Crippen LogP contribution in [0.2, 0.25) is 0 Å². The third-order valence-corrected chi connectivity index (χ3v) is 3.76. The topological polar surface area (TPSA) is 46.6 Å². The van der Waals surface area contributed by atoms with Crippen LogP contribution in [0.4, 0.5) is 0 Å². The van der Waals surface area contributed by atoms with E-state index in [0.717, 1.165) is 5.56 Å². The Morgan fingerprint density at radius 3 is 2.45 bits per heavy atom. The van der Waals surface area contributed by atoms with Crippen molar-refractivity contribution >= 4 is 11.7 Å². The summed E-state index contributed by atoms with van der Waals surface area (Å²) in [6.07, 6.45) is 0.560. The Balaban J connectivity index is 1.88. The Bertz CT molecular complexity index is 504. The zero-order chi connectivity index (χ0) is 14.5. The molecule has 0 saturated carbocycles. The number of carbonyl (C=O) groups is 2. The number of ether oxygens (including phenoxy) is 1. The number of hydrogen-bond donors (Lipinski definition) is 0. The highest BCUT2D eigenvalue weighted by molar-refractivity contribution is 5.98. The Hall–Kier alpha value is -1.68. The van der Waals surface area contributed by atoms with Gasteiger partial charge < -0.3 is 9.64 Å². The third kappa shape index (κ3) is 3.67. The molecule has 4 nitrogen and oxygen atoms in total. The van der Waals surface area contributed by atoms with E-state index in [-0.39, 0.29) is 24.5 Å². The van der Waals surface area contributed by atoms with Gasteiger partial charge in [-0.15, -0.1) is 0 Å². The summed E-state index contributed by atoms with van der Waals surface area (Å²) in [4.78, 5) is 25.8. The van der Waals surface area contributed by atoms with E-state index < -0.39 is 0 Å². The van der Waals surface area contributed by atoms with Crippen molar-refractivity contribution < 1.29 is 14.3 Å². The van der Waals surface area contributed by atoms with Crippen LogP contribution in [-0.2, 0) is 9.53 Å². The Morgan fingerprint density at radius 2 is 1.80 bits per heavy atom. The van der Waals surface area contributed by atoms with Gasteiger partial charge in [-0.25, -0.2) is 0 Å². The van der Waals surface area contributed by atoms with Gasteiger partial charge in [-0.2, -0.15) is 0 Å². The Labute approximate surface area is 119 Å². The van der Waals surface area contributed by atoms with Crippen LogP contribution in [0.15, 0.2) is 18.2 Å². The lowest BCUT2D eigenvalue weighted by atomic mass is 10.0. The molecular weight excluding hydrogens is 254 g/mol. The minimum Gasteiger partial charge on any atom is -0.378 e. The van der Waals surface area contributed by atoms with Crippen molar-refractivity contribution in [3.05, 3.63) is 34.9 Å². The number of Topliss-reactive ketones (excluding diaryl/α,β-unsaturated/α-hetero) is 1. The molecule has 0 radical (unpaired) electrons. The first kappa shape index (κ1) is 14.7. The standard InChI is InChI=1S/C16H21NO3/c1-12-3-4-14(11-13(12)2)15(18)5-6-16(19)17-7-9-20-10-8-17/h3-4,11H,5-10H2,1-2H3. The molecule has 1 amide bonds. The van der Waals surface area contributed by atoms with Gasteiger partial charge in [-0.3, -0.25) is 9.59 Å². The summed E-state index contributed by atoms with van der Waals surface area (Å²) in [5.41, 5.74) is 2.98. The summed E-state index contributed by atoms with van der Waals surface area (Å²) in [7, 11) is 0. The second-order valence-corrected chi connectivity index (χ2v) is 5.22. The summed E-state index contributed by atoms with van der Waals surface area (Å²) < 4.78 is 5.21. The van der Waals surface area contributed by atoms with E-state index in [2.05, 4.69) is 0 Å². The summed E-state index contributed by atoms with van der Waals surface area (Å²) in [5, 5.41) is 0.